The second kappa shape index (κ2) is 8.24. The molecule has 0 saturated carbocycles. The van der Waals surface area contributed by atoms with Gasteiger partial charge in [0.2, 0.25) is 7.49 Å². The van der Waals surface area contributed by atoms with Crippen LogP contribution in [0.2, 0.25) is 0 Å². The summed E-state index contributed by atoms with van der Waals surface area (Å²) in [6.45, 7) is 1.70. The Morgan fingerprint density at radius 1 is 0.609 bits per heavy atom. The molecule has 0 atom stereocenters. The zero-order chi connectivity index (χ0) is 15.3. The van der Waals surface area contributed by atoms with Gasteiger partial charge in [0.25, 0.3) is 0 Å². The van der Waals surface area contributed by atoms with Crippen LogP contribution in [-0.4, -0.2) is 6.47 Å². The Morgan fingerprint density at radius 2 is 0.913 bits per heavy atom. The van der Waals surface area contributed by atoms with Gasteiger partial charge >= 0.3 is 22.4 Å². The number of hydrogen-bond donors (Lipinski definition) is 0. The Labute approximate surface area is 152 Å². The summed E-state index contributed by atoms with van der Waals surface area (Å²) in [5.41, 5.74) is 0. The minimum atomic E-state index is -2.48. The van der Waals surface area contributed by atoms with Crippen molar-refractivity contribution in [1.82, 2.24) is 0 Å². The Morgan fingerprint density at radius 3 is 1.17 bits per heavy atom. The van der Waals surface area contributed by atoms with Crippen LogP contribution in [0.5, 0.6) is 0 Å². The molecule has 0 aliphatic carbocycles. The fourth-order valence-corrected chi connectivity index (χ4v) is 5.67. The summed E-state index contributed by atoms with van der Waals surface area (Å²) >= 11 is 0. The third kappa shape index (κ3) is 3.46. The quantitative estimate of drug-likeness (QED) is 0.304. The number of benzene rings is 3. The maximum absolute atomic E-state index is 11.2. The summed E-state index contributed by atoms with van der Waals surface area (Å²) in [6, 6.07) is 29.7. The van der Waals surface area contributed by atoms with E-state index in [1.165, 1.54) is 0 Å². The maximum atomic E-state index is 11.2. The van der Waals surface area contributed by atoms with E-state index in [-0.39, 0.29) is 22.4 Å². The van der Waals surface area contributed by atoms with E-state index in [9.17, 15) is 4.79 Å². The van der Waals surface area contributed by atoms with Crippen LogP contribution in [0.1, 0.15) is 0 Å². The normalized spacial score (nSPS) is 10.4. The van der Waals surface area contributed by atoms with Crippen LogP contribution in [0, 0.1) is 0 Å². The molecule has 0 heterocycles. The monoisotopic (exact) mass is 503 g/mol. The van der Waals surface area contributed by atoms with E-state index in [1.807, 2.05) is 91.0 Å². The van der Waals surface area contributed by atoms with E-state index in [4.69, 9.17) is 4.52 Å². The largest absolute Gasteiger partial charge is 1.00 e. The van der Waals surface area contributed by atoms with Crippen molar-refractivity contribution in [1.29, 1.82) is 0 Å². The van der Waals surface area contributed by atoms with Crippen LogP contribution in [0.15, 0.2) is 91.0 Å². The van der Waals surface area contributed by atoms with Gasteiger partial charge in [-0.3, -0.25) is 0 Å². The molecule has 3 rings (SSSR count). The Hall–Kier alpha value is -1.70. The van der Waals surface area contributed by atoms with Gasteiger partial charge in [0.1, 0.15) is 15.9 Å². The summed E-state index contributed by atoms with van der Waals surface area (Å²) in [5.74, 6) is 0. The SMILES string of the molecule is O=[C-]O[P+](c1ccccc1)(c1ccccc1)c1ccccc1.[Au+]. The molecule has 0 aliphatic heterocycles. The topological polar surface area (TPSA) is 26.3 Å². The summed E-state index contributed by atoms with van der Waals surface area (Å²) < 4.78 is 5.69. The van der Waals surface area contributed by atoms with Crippen LogP contribution in [-0.2, 0) is 31.7 Å². The first-order valence-electron chi connectivity index (χ1n) is 6.99. The molecular formula is C19H15AuO2P+. The smallest absolute Gasteiger partial charge is 0.494 e. The standard InChI is InChI=1S/C19H15O2P.Au/c20-16-21-22(17-10-4-1-5-11-17,18-12-6-2-7-13-18)19-14-8-3-9-15-19;/h1-15H;/q;+1. The molecule has 0 saturated heterocycles. The van der Waals surface area contributed by atoms with Crippen molar-refractivity contribution >= 4 is 29.9 Å². The number of hydrogen-bond acceptors (Lipinski definition) is 2. The molecule has 0 amide bonds. The minimum absolute atomic E-state index is 0. The Kier molecular flexibility index (Phi) is 6.32. The van der Waals surface area contributed by atoms with E-state index >= 15 is 0 Å². The molecule has 0 aliphatic rings. The Bertz CT molecular complexity index is 636. The fourth-order valence-electron chi connectivity index (χ4n) is 2.57. The van der Waals surface area contributed by atoms with Gasteiger partial charge in [0.15, 0.2) is 0 Å². The van der Waals surface area contributed by atoms with Gasteiger partial charge in [-0.25, -0.2) is 0 Å². The molecule has 0 fully saturated rings. The first-order chi connectivity index (χ1) is 10.9. The predicted octanol–water partition coefficient (Wildman–Crippen LogP) is 2.98. The average molecular weight is 503 g/mol. The van der Waals surface area contributed by atoms with E-state index in [2.05, 4.69) is 0 Å². The molecule has 0 aromatic heterocycles. The molecule has 118 valence electrons. The zero-order valence-corrected chi connectivity index (χ0v) is 15.3. The van der Waals surface area contributed by atoms with Crippen LogP contribution >= 0.6 is 7.49 Å². The van der Waals surface area contributed by atoms with E-state index < -0.39 is 7.49 Å². The summed E-state index contributed by atoms with van der Waals surface area (Å²) in [6.07, 6.45) is 0. The molecule has 0 bridgehead atoms. The van der Waals surface area contributed by atoms with Gasteiger partial charge < -0.3 is 9.32 Å². The molecular weight excluding hydrogens is 488 g/mol. The molecule has 3 aromatic rings. The van der Waals surface area contributed by atoms with Gasteiger partial charge in [0, 0.05) is 0 Å². The van der Waals surface area contributed by atoms with Gasteiger partial charge in [-0.15, -0.1) is 0 Å². The van der Waals surface area contributed by atoms with Crippen molar-refractivity contribution in [2.75, 3.05) is 0 Å². The summed E-state index contributed by atoms with van der Waals surface area (Å²) in [7, 11) is -2.48. The first-order valence-corrected chi connectivity index (χ1v) is 8.70. The van der Waals surface area contributed by atoms with Crippen molar-refractivity contribution in [3.05, 3.63) is 91.0 Å². The molecule has 3 aromatic carbocycles. The van der Waals surface area contributed by atoms with Crippen molar-refractivity contribution < 1.29 is 31.7 Å². The molecule has 0 unspecified atom stereocenters. The van der Waals surface area contributed by atoms with Gasteiger partial charge in [-0.2, -0.15) is 0 Å². The average Bonchev–Trinajstić information content (AvgIpc) is 2.62. The van der Waals surface area contributed by atoms with Gasteiger partial charge in [-0.1, -0.05) is 54.6 Å². The predicted molar refractivity (Wildman–Crippen MR) is 91.9 cm³/mol. The second-order valence-corrected chi connectivity index (χ2v) is 7.74. The van der Waals surface area contributed by atoms with E-state index in [1.54, 1.807) is 6.47 Å². The van der Waals surface area contributed by atoms with E-state index in [0.29, 0.717) is 0 Å². The van der Waals surface area contributed by atoms with Gasteiger partial charge in [-0.05, 0) is 42.9 Å². The molecule has 0 spiro atoms. The zero-order valence-electron chi connectivity index (χ0n) is 12.2. The van der Waals surface area contributed by atoms with Crippen molar-refractivity contribution in [2.45, 2.75) is 0 Å². The summed E-state index contributed by atoms with van der Waals surface area (Å²) in [4.78, 5) is 11.2. The molecule has 0 radical (unpaired) electrons. The van der Waals surface area contributed by atoms with Crippen molar-refractivity contribution in [3.8, 4) is 0 Å². The van der Waals surface area contributed by atoms with Crippen LogP contribution < -0.4 is 15.9 Å². The third-order valence-corrected chi connectivity index (χ3v) is 6.96. The molecule has 23 heavy (non-hydrogen) atoms. The second-order valence-electron chi connectivity index (χ2n) is 4.79. The summed E-state index contributed by atoms with van der Waals surface area (Å²) in [5, 5.41) is 2.99. The Balaban J connectivity index is 0.00000192. The van der Waals surface area contributed by atoms with Crippen molar-refractivity contribution in [3.63, 3.8) is 0 Å². The van der Waals surface area contributed by atoms with Crippen LogP contribution in [0.4, 0.5) is 0 Å². The maximum Gasteiger partial charge on any atom is 1.00 e. The van der Waals surface area contributed by atoms with Crippen LogP contribution in [0.3, 0.4) is 0 Å². The molecule has 0 N–H and O–H groups in total. The molecule has 4 heteroatoms. The minimum Gasteiger partial charge on any atom is -0.494 e. The van der Waals surface area contributed by atoms with Crippen LogP contribution in [0.25, 0.3) is 0 Å². The molecule has 2 nitrogen and oxygen atoms in total. The van der Waals surface area contributed by atoms with E-state index in [0.717, 1.165) is 15.9 Å². The van der Waals surface area contributed by atoms with Gasteiger partial charge in [0.05, 0.1) is 0 Å². The number of rotatable bonds is 5. The first kappa shape index (κ1) is 17.7. The fraction of sp³-hybridized carbons (Fsp3) is 0. The van der Waals surface area contributed by atoms with Crippen molar-refractivity contribution in [2.24, 2.45) is 0 Å². The number of carbonyl (C=O) groups excluding carboxylic acids is 1. The third-order valence-electron chi connectivity index (χ3n) is 3.53.